The fourth-order valence-corrected chi connectivity index (χ4v) is 4.30. The SMILES string of the molecule is Clc1ccc(-c2cccc3c2[C@@H]2CCNCC[C@H]2N3)c(Cl)c1. The van der Waals surface area contributed by atoms with Gasteiger partial charge in [0.1, 0.15) is 0 Å². The average molecular weight is 333 g/mol. The first-order valence-electron chi connectivity index (χ1n) is 7.79. The van der Waals surface area contributed by atoms with Crippen molar-refractivity contribution < 1.29 is 0 Å². The van der Waals surface area contributed by atoms with Gasteiger partial charge in [0.05, 0.1) is 0 Å². The number of anilines is 1. The van der Waals surface area contributed by atoms with Crippen LogP contribution in [0.25, 0.3) is 11.1 Å². The van der Waals surface area contributed by atoms with Crippen molar-refractivity contribution in [2.45, 2.75) is 24.8 Å². The lowest BCUT2D eigenvalue weighted by Gasteiger charge is -2.18. The third-order valence-corrected chi connectivity index (χ3v) is 5.34. The predicted octanol–water partition coefficient (Wildman–Crippen LogP) is 4.92. The van der Waals surface area contributed by atoms with Gasteiger partial charge in [0.2, 0.25) is 0 Å². The summed E-state index contributed by atoms with van der Waals surface area (Å²) in [4.78, 5) is 0. The highest BCUT2D eigenvalue weighted by Crippen LogP contribution is 2.46. The maximum atomic E-state index is 6.46. The molecule has 0 unspecified atom stereocenters. The van der Waals surface area contributed by atoms with Gasteiger partial charge < -0.3 is 10.6 Å². The van der Waals surface area contributed by atoms with E-state index in [0.717, 1.165) is 36.5 Å². The molecule has 4 rings (SSSR count). The Balaban J connectivity index is 1.84. The number of hydrogen-bond donors (Lipinski definition) is 2. The van der Waals surface area contributed by atoms with E-state index in [-0.39, 0.29) is 0 Å². The Bertz CT molecular complexity index is 714. The van der Waals surface area contributed by atoms with E-state index >= 15 is 0 Å². The van der Waals surface area contributed by atoms with Crippen LogP contribution in [0.15, 0.2) is 36.4 Å². The molecule has 2 nitrogen and oxygen atoms in total. The van der Waals surface area contributed by atoms with Crippen LogP contribution in [0, 0.1) is 0 Å². The third-order valence-electron chi connectivity index (χ3n) is 4.79. The van der Waals surface area contributed by atoms with Gasteiger partial charge in [-0.1, -0.05) is 41.4 Å². The number of hydrogen-bond acceptors (Lipinski definition) is 2. The van der Waals surface area contributed by atoms with Gasteiger partial charge in [-0.05, 0) is 55.3 Å². The fraction of sp³-hybridized carbons (Fsp3) is 0.333. The summed E-state index contributed by atoms with van der Waals surface area (Å²) in [5.74, 6) is 0.549. The van der Waals surface area contributed by atoms with Gasteiger partial charge in [-0.15, -0.1) is 0 Å². The van der Waals surface area contributed by atoms with Crippen LogP contribution in [0.4, 0.5) is 5.69 Å². The van der Waals surface area contributed by atoms with Crippen molar-refractivity contribution in [3.8, 4) is 11.1 Å². The van der Waals surface area contributed by atoms with Crippen LogP contribution in [0.3, 0.4) is 0 Å². The molecular weight excluding hydrogens is 315 g/mol. The minimum absolute atomic E-state index is 0.525. The second kappa shape index (κ2) is 5.77. The van der Waals surface area contributed by atoms with E-state index < -0.39 is 0 Å². The van der Waals surface area contributed by atoms with E-state index in [4.69, 9.17) is 23.2 Å². The van der Waals surface area contributed by atoms with Crippen molar-refractivity contribution >= 4 is 28.9 Å². The minimum Gasteiger partial charge on any atom is -0.381 e. The minimum atomic E-state index is 0.525. The van der Waals surface area contributed by atoms with Crippen LogP contribution in [0.5, 0.6) is 0 Å². The maximum absolute atomic E-state index is 6.46. The van der Waals surface area contributed by atoms with Crippen molar-refractivity contribution in [1.82, 2.24) is 5.32 Å². The van der Waals surface area contributed by atoms with Crippen LogP contribution in [0.2, 0.25) is 10.0 Å². The van der Waals surface area contributed by atoms with Gasteiger partial charge in [-0.3, -0.25) is 0 Å². The summed E-state index contributed by atoms with van der Waals surface area (Å²) in [5.41, 5.74) is 4.99. The molecule has 4 heteroatoms. The largest absolute Gasteiger partial charge is 0.381 e. The summed E-state index contributed by atoms with van der Waals surface area (Å²) in [6.45, 7) is 2.16. The molecule has 22 heavy (non-hydrogen) atoms. The zero-order valence-electron chi connectivity index (χ0n) is 12.2. The summed E-state index contributed by atoms with van der Waals surface area (Å²) < 4.78 is 0. The van der Waals surface area contributed by atoms with Gasteiger partial charge >= 0.3 is 0 Å². The quantitative estimate of drug-likeness (QED) is 0.774. The Morgan fingerprint density at radius 3 is 2.68 bits per heavy atom. The van der Waals surface area contributed by atoms with Crippen molar-refractivity contribution in [2.24, 2.45) is 0 Å². The molecule has 114 valence electrons. The van der Waals surface area contributed by atoms with E-state index in [1.807, 2.05) is 18.2 Å². The van der Waals surface area contributed by atoms with E-state index in [1.165, 1.54) is 16.8 Å². The first kappa shape index (κ1) is 14.4. The molecule has 0 bridgehead atoms. The Hall–Kier alpha value is -1.22. The highest BCUT2D eigenvalue weighted by Gasteiger charge is 2.34. The summed E-state index contributed by atoms with van der Waals surface area (Å²) in [6, 6.07) is 12.8. The zero-order valence-corrected chi connectivity index (χ0v) is 13.7. The topological polar surface area (TPSA) is 24.1 Å². The molecule has 0 amide bonds. The summed E-state index contributed by atoms with van der Waals surface area (Å²) in [5, 5.41) is 8.60. The second-order valence-electron chi connectivity index (χ2n) is 6.08. The molecule has 2 atom stereocenters. The Morgan fingerprint density at radius 2 is 1.82 bits per heavy atom. The molecule has 2 aromatic carbocycles. The lowest BCUT2D eigenvalue weighted by Crippen LogP contribution is -2.21. The summed E-state index contributed by atoms with van der Waals surface area (Å²) >= 11 is 12.5. The first-order valence-corrected chi connectivity index (χ1v) is 8.55. The normalized spacial score (nSPS) is 23.4. The molecule has 0 saturated carbocycles. The molecule has 2 aliphatic heterocycles. The molecule has 2 heterocycles. The van der Waals surface area contributed by atoms with E-state index in [0.29, 0.717) is 17.0 Å². The number of fused-ring (bicyclic) bond motifs is 3. The Labute approximate surface area is 140 Å². The number of nitrogens with one attached hydrogen (secondary N) is 2. The van der Waals surface area contributed by atoms with Gasteiger partial charge in [0.25, 0.3) is 0 Å². The van der Waals surface area contributed by atoms with E-state index in [1.54, 1.807) is 0 Å². The monoisotopic (exact) mass is 332 g/mol. The number of rotatable bonds is 1. The molecule has 2 N–H and O–H groups in total. The van der Waals surface area contributed by atoms with Crippen LogP contribution in [0.1, 0.15) is 24.3 Å². The lowest BCUT2D eigenvalue weighted by molar-refractivity contribution is 0.579. The van der Waals surface area contributed by atoms with Gasteiger partial charge in [-0.25, -0.2) is 0 Å². The third kappa shape index (κ3) is 2.40. The average Bonchev–Trinajstić information content (AvgIpc) is 2.70. The van der Waals surface area contributed by atoms with Crippen LogP contribution < -0.4 is 10.6 Å². The predicted molar refractivity (Wildman–Crippen MR) is 94.2 cm³/mol. The fourth-order valence-electron chi connectivity index (χ4n) is 3.79. The Morgan fingerprint density at radius 1 is 0.955 bits per heavy atom. The number of benzene rings is 2. The maximum Gasteiger partial charge on any atom is 0.0499 e. The van der Waals surface area contributed by atoms with Crippen molar-refractivity contribution in [2.75, 3.05) is 18.4 Å². The van der Waals surface area contributed by atoms with Crippen LogP contribution in [-0.2, 0) is 0 Å². The number of halogens is 2. The van der Waals surface area contributed by atoms with Gasteiger partial charge in [0, 0.05) is 33.3 Å². The molecule has 2 aromatic rings. The lowest BCUT2D eigenvalue weighted by atomic mass is 9.86. The van der Waals surface area contributed by atoms with Crippen LogP contribution >= 0.6 is 23.2 Å². The highest BCUT2D eigenvalue weighted by atomic mass is 35.5. The van der Waals surface area contributed by atoms with Crippen molar-refractivity contribution in [3.63, 3.8) is 0 Å². The molecule has 0 aliphatic carbocycles. The molecule has 0 radical (unpaired) electrons. The molecule has 2 aliphatic rings. The second-order valence-corrected chi connectivity index (χ2v) is 6.92. The summed E-state index contributed by atoms with van der Waals surface area (Å²) in [7, 11) is 0. The molecular formula is C18H18Cl2N2. The standard InChI is InChI=1S/C18H18Cl2N2/c19-11-4-5-12(15(20)10-11)13-2-1-3-17-18(13)14-6-8-21-9-7-16(14)22-17/h1-5,10,14,16,21-22H,6-9H2/t14-,16-/m1/s1. The smallest absolute Gasteiger partial charge is 0.0499 e. The molecule has 0 spiro atoms. The molecule has 0 aromatic heterocycles. The van der Waals surface area contributed by atoms with Crippen molar-refractivity contribution in [3.05, 3.63) is 52.0 Å². The van der Waals surface area contributed by atoms with E-state index in [9.17, 15) is 0 Å². The zero-order chi connectivity index (χ0) is 15.1. The summed E-state index contributed by atoms with van der Waals surface area (Å²) in [6.07, 6.45) is 2.32. The Kier molecular flexibility index (Phi) is 3.77. The molecule has 1 saturated heterocycles. The van der Waals surface area contributed by atoms with Crippen molar-refractivity contribution in [1.29, 1.82) is 0 Å². The van der Waals surface area contributed by atoms with Gasteiger partial charge in [-0.2, -0.15) is 0 Å². The van der Waals surface area contributed by atoms with Crippen LogP contribution in [-0.4, -0.2) is 19.1 Å². The van der Waals surface area contributed by atoms with E-state index in [2.05, 4.69) is 28.8 Å². The molecule has 1 fully saturated rings. The van der Waals surface area contributed by atoms with Gasteiger partial charge in [0.15, 0.2) is 0 Å². The first-order chi connectivity index (χ1) is 10.7. The highest BCUT2D eigenvalue weighted by molar-refractivity contribution is 6.36.